The molecular weight excluding hydrogens is 399 g/mol. The average molecular weight is 417 g/mol. The second-order valence-corrected chi connectivity index (χ2v) is 6.99. The van der Waals surface area contributed by atoms with Crippen LogP contribution in [0.5, 0.6) is 0 Å². The second-order valence-electron chi connectivity index (χ2n) is 6.99. The van der Waals surface area contributed by atoms with E-state index in [0.717, 1.165) is 12.1 Å². The van der Waals surface area contributed by atoms with Gasteiger partial charge < -0.3 is 15.3 Å². The van der Waals surface area contributed by atoms with Crippen LogP contribution in [-0.2, 0) is 6.18 Å². The standard InChI is InChI=1S/C20H18F3N5O2/c1-12-11-27(15-6-4-14(5-7-15)20(21,22)23)19(30)17-16(10-25-28(12)17)26-18(29)13-3-2-8-24-9-13/h2-10,12,18,26,29H,11H2,1H3/t12-,18?/m0/s1. The Bertz CT molecular complexity index is 1050. The molecule has 0 saturated carbocycles. The molecule has 156 valence electrons. The summed E-state index contributed by atoms with van der Waals surface area (Å²) in [5.74, 6) is -0.425. The maximum absolute atomic E-state index is 13.2. The molecular formula is C20H18F3N5O2. The molecule has 0 radical (unpaired) electrons. The number of aromatic nitrogens is 3. The normalized spacial score (nSPS) is 17.6. The number of aliphatic hydroxyl groups excluding tert-OH is 1. The van der Waals surface area contributed by atoms with E-state index < -0.39 is 23.9 Å². The van der Waals surface area contributed by atoms with E-state index in [9.17, 15) is 23.1 Å². The molecule has 10 heteroatoms. The van der Waals surface area contributed by atoms with Gasteiger partial charge in [-0.2, -0.15) is 18.3 Å². The van der Waals surface area contributed by atoms with E-state index in [1.807, 2.05) is 6.92 Å². The Labute approximate surface area is 169 Å². The van der Waals surface area contributed by atoms with Crippen molar-refractivity contribution in [3.05, 3.63) is 71.8 Å². The van der Waals surface area contributed by atoms with Crippen LogP contribution >= 0.6 is 0 Å². The van der Waals surface area contributed by atoms with Crippen LogP contribution in [0.2, 0.25) is 0 Å². The zero-order chi connectivity index (χ0) is 21.5. The van der Waals surface area contributed by atoms with Crippen molar-refractivity contribution in [2.75, 3.05) is 16.8 Å². The van der Waals surface area contributed by atoms with Crippen molar-refractivity contribution in [3.8, 4) is 0 Å². The van der Waals surface area contributed by atoms with Crippen LogP contribution in [0.4, 0.5) is 24.5 Å². The predicted octanol–water partition coefficient (Wildman–Crippen LogP) is 3.62. The van der Waals surface area contributed by atoms with Gasteiger partial charge in [-0.1, -0.05) is 6.07 Å². The number of aliphatic hydroxyl groups is 1. The van der Waals surface area contributed by atoms with Crippen molar-refractivity contribution < 1.29 is 23.1 Å². The smallest absolute Gasteiger partial charge is 0.369 e. The van der Waals surface area contributed by atoms with Gasteiger partial charge in [-0.25, -0.2) is 0 Å². The number of carbonyl (C=O) groups is 1. The van der Waals surface area contributed by atoms with Gasteiger partial charge in [0.25, 0.3) is 5.91 Å². The van der Waals surface area contributed by atoms with E-state index in [0.29, 0.717) is 16.9 Å². The zero-order valence-electron chi connectivity index (χ0n) is 15.8. The summed E-state index contributed by atoms with van der Waals surface area (Å²) in [6.45, 7) is 2.10. The van der Waals surface area contributed by atoms with Gasteiger partial charge in [0.2, 0.25) is 0 Å². The number of halogens is 3. The zero-order valence-corrected chi connectivity index (χ0v) is 15.8. The number of anilines is 2. The fraction of sp³-hybridized carbons (Fsp3) is 0.250. The van der Waals surface area contributed by atoms with E-state index in [4.69, 9.17) is 0 Å². The number of amides is 1. The minimum Gasteiger partial charge on any atom is -0.369 e. The first kappa shape index (κ1) is 19.9. The maximum atomic E-state index is 13.2. The van der Waals surface area contributed by atoms with E-state index in [2.05, 4.69) is 15.4 Å². The predicted molar refractivity (Wildman–Crippen MR) is 103 cm³/mol. The van der Waals surface area contributed by atoms with Crippen LogP contribution in [0.15, 0.2) is 55.0 Å². The van der Waals surface area contributed by atoms with E-state index in [1.165, 1.54) is 29.4 Å². The summed E-state index contributed by atoms with van der Waals surface area (Å²) in [7, 11) is 0. The highest BCUT2D eigenvalue weighted by molar-refractivity contribution is 6.09. The lowest BCUT2D eigenvalue weighted by Crippen LogP contribution is -2.43. The number of nitrogens with one attached hydrogen (secondary N) is 1. The molecule has 4 rings (SSSR count). The van der Waals surface area contributed by atoms with Crippen molar-refractivity contribution in [2.45, 2.75) is 25.4 Å². The highest BCUT2D eigenvalue weighted by Crippen LogP contribution is 2.34. The van der Waals surface area contributed by atoms with Crippen molar-refractivity contribution >= 4 is 17.3 Å². The van der Waals surface area contributed by atoms with Crippen molar-refractivity contribution in [1.29, 1.82) is 0 Å². The van der Waals surface area contributed by atoms with Crippen LogP contribution < -0.4 is 10.2 Å². The molecule has 1 aliphatic rings. The molecule has 0 saturated heterocycles. The molecule has 0 aliphatic carbocycles. The molecule has 2 atom stereocenters. The molecule has 0 spiro atoms. The van der Waals surface area contributed by atoms with Gasteiger partial charge in [-0.3, -0.25) is 14.5 Å². The number of hydrogen-bond donors (Lipinski definition) is 2. The van der Waals surface area contributed by atoms with Gasteiger partial charge >= 0.3 is 6.18 Å². The molecule has 30 heavy (non-hydrogen) atoms. The number of carbonyl (C=O) groups excluding carboxylic acids is 1. The number of pyridine rings is 1. The third kappa shape index (κ3) is 3.61. The van der Waals surface area contributed by atoms with Gasteiger partial charge in [0.1, 0.15) is 5.69 Å². The lowest BCUT2D eigenvalue weighted by atomic mass is 10.1. The number of nitrogens with zero attached hydrogens (tertiary/aromatic N) is 4. The molecule has 0 bridgehead atoms. The molecule has 1 unspecified atom stereocenters. The SMILES string of the molecule is C[C@H]1CN(c2ccc(C(F)(F)F)cc2)C(=O)c2c(NC(O)c3cccnc3)cnn21. The topological polar surface area (TPSA) is 83.3 Å². The van der Waals surface area contributed by atoms with Crippen LogP contribution in [0.1, 0.15) is 40.8 Å². The molecule has 2 aromatic heterocycles. The van der Waals surface area contributed by atoms with E-state index >= 15 is 0 Å². The molecule has 0 fully saturated rings. The number of rotatable bonds is 4. The largest absolute Gasteiger partial charge is 0.416 e. The van der Waals surface area contributed by atoms with Gasteiger partial charge in [0, 0.05) is 30.2 Å². The Morgan fingerprint density at radius 2 is 1.93 bits per heavy atom. The Balaban J connectivity index is 1.63. The van der Waals surface area contributed by atoms with Crippen molar-refractivity contribution in [2.24, 2.45) is 0 Å². The maximum Gasteiger partial charge on any atom is 0.416 e. The fourth-order valence-corrected chi connectivity index (χ4v) is 3.39. The Morgan fingerprint density at radius 1 is 1.20 bits per heavy atom. The summed E-state index contributed by atoms with van der Waals surface area (Å²) >= 11 is 0. The molecule has 3 heterocycles. The van der Waals surface area contributed by atoms with Crippen molar-refractivity contribution in [3.63, 3.8) is 0 Å². The summed E-state index contributed by atoms with van der Waals surface area (Å²) in [4.78, 5) is 18.5. The van der Waals surface area contributed by atoms with Crippen LogP contribution in [-0.4, -0.2) is 32.3 Å². The first-order valence-electron chi connectivity index (χ1n) is 9.17. The highest BCUT2D eigenvalue weighted by Gasteiger charge is 2.35. The molecule has 3 aromatic rings. The fourth-order valence-electron chi connectivity index (χ4n) is 3.39. The van der Waals surface area contributed by atoms with Gasteiger partial charge in [-0.15, -0.1) is 0 Å². The quantitative estimate of drug-likeness (QED) is 0.634. The Morgan fingerprint density at radius 3 is 2.57 bits per heavy atom. The van der Waals surface area contributed by atoms with Crippen molar-refractivity contribution in [1.82, 2.24) is 14.8 Å². The third-order valence-electron chi connectivity index (χ3n) is 4.91. The van der Waals surface area contributed by atoms with Crippen LogP contribution in [0, 0.1) is 0 Å². The number of benzene rings is 1. The minimum atomic E-state index is -4.45. The molecule has 1 aliphatic heterocycles. The number of fused-ring (bicyclic) bond motifs is 1. The molecule has 1 aromatic carbocycles. The Hall–Kier alpha value is -3.40. The summed E-state index contributed by atoms with van der Waals surface area (Å²) < 4.78 is 40.1. The molecule has 7 nitrogen and oxygen atoms in total. The number of alkyl halides is 3. The summed E-state index contributed by atoms with van der Waals surface area (Å²) in [6, 6.07) is 7.58. The summed E-state index contributed by atoms with van der Waals surface area (Å²) in [6.07, 6.45) is -1.05. The van der Waals surface area contributed by atoms with Crippen LogP contribution in [0.25, 0.3) is 0 Å². The summed E-state index contributed by atoms with van der Waals surface area (Å²) in [5, 5.41) is 17.5. The van der Waals surface area contributed by atoms with Crippen LogP contribution in [0.3, 0.4) is 0 Å². The summed E-state index contributed by atoms with van der Waals surface area (Å²) in [5.41, 5.74) is 0.617. The highest BCUT2D eigenvalue weighted by atomic mass is 19.4. The van der Waals surface area contributed by atoms with Gasteiger partial charge in [0.05, 0.1) is 23.5 Å². The first-order chi connectivity index (χ1) is 14.3. The molecule has 1 amide bonds. The monoisotopic (exact) mass is 417 g/mol. The average Bonchev–Trinajstić information content (AvgIpc) is 3.15. The van der Waals surface area contributed by atoms with Gasteiger partial charge in [-0.05, 0) is 37.3 Å². The first-order valence-corrected chi connectivity index (χ1v) is 9.17. The van der Waals surface area contributed by atoms with Gasteiger partial charge in [0.15, 0.2) is 6.23 Å². The second kappa shape index (κ2) is 7.45. The lowest BCUT2D eigenvalue weighted by Gasteiger charge is -2.32. The lowest BCUT2D eigenvalue weighted by molar-refractivity contribution is -0.137. The molecule has 2 N–H and O–H groups in total. The Kier molecular flexibility index (Phi) is 4.94. The third-order valence-corrected chi connectivity index (χ3v) is 4.91. The number of hydrogen-bond acceptors (Lipinski definition) is 5. The van der Waals surface area contributed by atoms with E-state index in [-0.39, 0.29) is 18.3 Å². The minimum absolute atomic E-state index is 0.217. The van der Waals surface area contributed by atoms with E-state index in [1.54, 1.807) is 23.0 Å².